The standard InChI is InChI=1S/C31H28ClFN4O4/c32-26-6-2-1-5-24(26)30(39)35-23-12-13-27(25(19-23)29(38)34-20-21-8-10-22(33)11-9-21)36-14-4-15-37(17-16-36)31(40)28-7-3-18-41-28/h1-3,5-13,18-19H,4,14-17,20H2,(H,34,38)(H,35,39). The number of nitrogens with zero attached hydrogens (tertiary/aromatic N) is 2. The molecule has 8 nitrogen and oxygen atoms in total. The third-order valence-corrected chi connectivity index (χ3v) is 7.17. The molecule has 4 aromatic rings. The summed E-state index contributed by atoms with van der Waals surface area (Å²) in [5.74, 6) is -0.997. The molecule has 1 aliphatic rings. The third kappa shape index (κ3) is 6.75. The Hall–Kier alpha value is -4.63. The number of hydrogen-bond acceptors (Lipinski definition) is 5. The second-order valence-electron chi connectivity index (χ2n) is 9.59. The van der Waals surface area contributed by atoms with Crippen LogP contribution in [-0.4, -0.2) is 48.8 Å². The molecule has 41 heavy (non-hydrogen) atoms. The average Bonchev–Trinajstić information content (AvgIpc) is 3.41. The smallest absolute Gasteiger partial charge is 0.289 e. The van der Waals surface area contributed by atoms with E-state index in [4.69, 9.17) is 16.0 Å². The summed E-state index contributed by atoms with van der Waals surface area (Å²) in [6, 6.07) is 21.1. The van der Waals surface area contributed by atoms with Crippen LogP contribution in [0.4, 0.5) is 15.8 Å². The molecule has 1 fully saturated rings. The number of anilines is 2. The molecule has 3 amide bonds. The topological polar surface area (TPSA) is 94.9 Å². The van der Waals surface area contributed by atoms with Gasteiger partial charge < -0.3 is 24.9 Å². The first-order valence-electron chi connectivity index (χ1n) is 13.2. The highest BCUT2D eigenvalue weighted by molar-refractivity contribution is 6.34. The molecule has 1 aromatic heterocycles. The van der Waals surface area contributed by atoms with Crippen LogP contribution >= 0.6 is 11.6 Å². The monoisotopic (exact) mass is 574 g/mol. The molecule has 210 valence electrons. The lowest BCUT2D eigenvalue weighted by Gasteiger charge is -2.26. The maximum absolute atomic E-state index is 13.5. The van der Waals surface area contributed by atoms with Crippen molar-refractivity contribution in [3.63, 3.8) is 0 Å². The normalized spacial score (nSPS) is 13.4. The molecular weight excluding hydrogens is 547 g/mol. The van der Waals surface area contributed by atoms with Gasteiger partial charge in [0.2, 0.25) is 0 Å². The van der Waals surface area contributed by atoms with Crippen molar-refractivity contribution in [2.45, 2.75) is 13.0 Å². The van der Waals surface area contributed by atoms with Gasteiger partial charge in [-0.3, -0.25) is 14.4 Å². The quantitative estimate of drug-likeness (QED) is 0.299. The molecule has 0 atom stereocenters. The molecule has 0 bridgehead atoms. The molecule has 0 radical (unpaired) electrons. The minimum Gasteiger partial charge on any atom is -0.459 e. The highest BCUT2D eigenvalue weighted by atomic mass is 35.5. The highest BCUT2D eigenvalue weighted by Gasteiger charge is 2.25. The Kier molecular flexibility index (Phi) is 8.64. The first-order valence-corrected chi connectivity index (χ1v) is 13.6. The van der Waals surface area contributed by atoms with Crippen LogP contribution in [0.1, 0.15) is 43.3 Å². The van der Waals surface area contributed by atoms with Gasteiger partial charge in [-0.15, -0.1) is 0 Å². The Bertz CT molecular complexity index is 1540. The Morgan fingerprint density at radius 3 is 2.41 bits per heavy atom. The average molecular weight is 575 g/mol. The lowest BCUT2D eigenvalue weighted by Crippen LogP contribution is -2.35. The van der Waals surface area contributed by atoms with E-state index in [0.717, 1.165) is 5.56 Å². The van der Waals surface area contributed by atoms with Gasteiger partial charge in [0.25, 0.3) is 17.7 Å². The molecule has 1 aliphatic heterocycles. The highest BCUT2D eigenvalue weighted by Crippen LogP contribution is 2.27. The van der Waals surface area contributed by atoms with E-state index < -0.39 is 5.91 Å². The van der Waals surface area contributed by atoms with Crippen LogP contribution in [0.2, 0.25) is 5.02 Å². The number of nitrogens with one attached hydrogen (secondary N) is 2. The van der Waals surface area contributed by atoms with Crippen LogP contribution < -0.4 is 15.5 Å². The lowest BCUT2D eigenvalue weighted by molar-refractivity contribution is 0.0734. The van der Waals surface area contributed by atoms with Crippen LogP contribution in [-0.2, 0) is 6.54 Å². The van der Waals surface area contributed by atoms with E-state index in [1.54, 1.807) is 71.6 Å². The number of halogens is 2. The Morgan fingerprint density at radius 2 is 1.66 bits per heavy atom. The fourth-order valence-electron chi connectivity index (χ4n) is 4.71. The van der Waals surface area contributed by atoms with Crippen molar-refractivity contribution < 1.29 is 23.2 Å². The summed E-state index contributed by atoms with van der Waals surface area (Å²) >= 11 is 6.20. The Labute approximate surface area is 241 Å². The van der Waals surface area contributed by atoms with E-state index in [9.17, 15) is 18.8 Å². The zero-order chi connectivity index (χ0) is 28.8. The predicted molar refractivity (Wildman–Crippen MR) is 155 cm³/mol. The van der Waals surface area contributed by atoms with Crippen molar-refractivity contribution in [3.05, 3.63) is 118 Å². The molecule has 0 saturated carbocycles. The van der Waals surface area contributed by atoms with Crippen molar-refractivity contribution in [3.8, 4) is 0 Å². The number of hydrogen-bond donors (Lipinski definition) is 2. The van der Waals surface area contributed by atoms with Gasteiger partial charge in [-0.1, -0.05) is 35.9 Å². The fraction of sp³-hybridized carbons (Fsp3) is 0.194. The van der Waals surface area contributed by atoms with Gasteiger partial charge in [0.05, 0.1) is 22.4 Å². The zero-order valence-corrected chi connectivity index (χ0v) is 22.9. The van der Waals surface area contributed by atoms with Gasteiger partial charge >= 0.3 is 0 Å². The molecule has 10 heteroatoms. The number of carbonyl (C=O) groups is 3. The summed E-state index contributed by atoms with van der Waals surface area (Å²) in [5, 5.41) is 6.04. The molecule has 0 unspecified atom stereocenters. The molecule has 0 aliphatic carbocycles. The maximum atomic E-state index is 13.5. The SMILES string of the molecule is O=C(Nc1ccc(N2CCCN(C(=O)c3ccco3)CC2)c(C(=O)NCc2ccc(F)cc2)c1)c1ccccc1Cl. The van der Waals surface area contributed by atoms with E-state index >= 15 is 0 Å². The summed E-state index contributed by atoms with van der Waals surface area (Å²) in [7, 11) is 0. The van der Waals surface area contributed by atoms with E-state index in [1.807, 2.05) is 0 Å². The summed E-state index contributed by atoms with van der Waals surface area (Å²) in [5.41, 5.74) is 2.51. The van der Waals surface area contributed by atoms with E-state index in [2.05, 4.69) is 15.5 Å². The molecule has 2 heterocycles. The third-order valence-electron chi connectivity index (χ3n) is 6.84. The summed E-state index contributed by atoms with van der Waals surface area (Å²) in [6.45, 7) is 2.30. The van der Waals surface area contributed by atoms with Gasteiger partial charge in [0.15, 0.2) is 5.76 Å². The first-order chi connectivity index (χ1) is 19.9. The zero-order valence-electron chi connectivity index (χ0n) is 22.1. The molecule has 1 saturated heterocycles. The van der Waals surface area contributed by atoms with Gasteiger partial charge in [-0.05, 0) is 66.6 Å². The molecule has 0 spiro atoms. The number of rotatable bonds is 7. The number of amides is 3. The molecular formula is C31H28ClFN4O4. The van der Waals surface area contributed by atoms with Crippen molar-refractivity contribution >= 4 is 40.7 Å². The van der Waals surface area contributed by atoms with E-state index in [-0.39, 0.29) is 29.9 Å². The van der Waals surface area contributed by atoms with Crippen LogP contribution in [0.3, 0.4) is 0 Å². The van der Waals surface area contributed by atoms with E-state index in [1.165, 1.54) is 18.4 Å². The second kappa shape index (κ2) is 12.7. The Morgan fingerprint density at radius 1 is 0.854 bits per heavy atom. The van der Waals surface area contributed by atoms with Crippen LogP contribution in [0, 0.1) is 5.82 Å². The van der Waals surface area contributed by atoms with Gasteiger partial charge in [0, 0.05) is 44.1 Å². The molecule has 5 rings (SSSR count). The summed E-state index contributed by atoms with van der Waals surface area (Å²) < 4.78 is 18.6. The van der Waals surface area contributed by atoms with Gasteiger partial charge in [-0.25, -0.2) is 4.39 Å². The largest absolute Gasteiger partial charge is 0.459 e. The van der Waals surface area contributed by atoms with Crippen LogP contribution in [0.25, 0.3) is 0 Å². The van der Waals surface area contributed by atoms with Crippen LogP contribution in [0.5, 0.6) is 0 Å². The first kappa shape index (κ1) is 27.9. The van der Waals surface area contributed by atoms with Crippen molar-refractivity contribution in [2.75, 3.05) is 36.4 Å². The number of benzene rings is 3. The molecule has 2 N–H and O–H groups in total. The predicted octanol–water partition coefficient (Wildman–Crippen LogP) is 5.61. The number of carbonyl (C=O) groups excluding carboxylic acids is 3. The molecule has 3 aromatic carbocycles. The lowest BCUT2D eigenvalue weighted by atomic mass is 10.1. The van der Waals surface area contributed by atoms with Gasteiger partial charge in [0.1, 0.15) is 5.82 Å². The van der Waals surface area contributed by atoms with Crippen molar-refractivity contribution in [1.82, 2.24) is 10.2 Å². The number of furan rings is 1. The Balaban J connectivity index is 1.38. The second-order valence-corrected chi connectivity index (χ2v) is 9.99. The summed E-state index contributed by atoms with van der Waals surface area (Å²) in [4.78, 5) is 43.0. The minimum absolute atomic E-state index is 0.174. The fourth-order valence-corrected chi connectivity index (χ4v) is 4.93. The summed E-state index contributed by atoms with van der Waals surface area (Å²) in [6.07, 6.45) is 2.16. The van der Waals surface area contributed by atoms with Crippen LogP contribution in [0.15, 0.2) is 89.5 Å². The van der Waals surface area contributed by atoms with E-state index in [0.29, 0.717) is 60.1 Å². The minimum atomic E-state index is -0.400. The van der Waals surface area contributed by atoms with Crippen molar-refractivity contribution in [2.24, 2.45) is 0 Å². The van der Waals surface area contributed by atoms with Crippen molar-refractivity contribution in [1.29, 1.82) is 0 Å². The van der Waals surface area contributed by atoms with Gasteiger partial charge in [-0.2, -0.15) is 0 Å². The maximum Gasteiger partial charge on any atom is 0.289 e.